The summed E-state index contributed by atoms with van der Waals surface area (Å²) in [6.45, 7) is 8.11. The summed E-state index contributed by atoms with van der Waals surface area (Å²) in [6, 6.07) is 12.5. The van der Waals surface area contributed by atoms with Crippen LogP contribution in [0.5, 0.6) is 0 Å². The molecule has 1 aromatic heterocycles. The molecule has 2 aromatic carbocycles. The molecular weight excluding hydrogens is 470 g/mol. The highest BCUT2D eigenvalue weighted by atomic mass is 35.5. The Labute approximate surface area is 209 Å². The van der Waals surface area contributed by atoms with Gasteiger partial charge in [-0.3, -0.25) is 9.59 Å². The smallest absolute Gasteiger partial charge is 0.253 e. The summed E-state index contributed by atoms with van der Waals surface area (Å²) in [5.74, 6) is 0.759. The number of hydrogen-bond acceptors (Lipinski definition) is 5. The van der Waals surface area contributed by atoms with Crippen molar-refractivity contribution in [2.45, 2.75) is 45.3 Å². The zero-order valence-electron chi connectivity index (χ0n) is 20.1. The van der Waals surface area contributed by atoms with Crippen LogP contribution in [0, 0.1) is 19.8 Å². The van der Waals surface area contributed by atoms with Gasteiger partial charge in [0, 0.05) is 12.7 Å². The number of aryl methyl sites for hydroxylation is 2. The van der Waals surface area contributed by atoms with E-state index in [1.165, 1.54) is 11.8 Å². The molecule has 2 amide bonds. The minimum absolute atomic E-state index is 0.117. The largest absolute Gasteiger partial charge is 0.342 e. The van der Waals surface area contributed by atoms with Crippen molar-refractivity contribution in [2.75, 3.05) is 11.1 Å². The Balaban J connectivity index is 1.70. The highest BCUT2D eigenvalue weighted by molar-refractivity contribution is 7.99. The molecule has 0 aliphatic rings. The van der Waals surface area contributed by atoms with Crippen LogP contribution in [-0.2, 0) is 11.8 Å². The van der Waals surface area contributed by atoms with Crippen molar-refractivity contribution in [1.82, 2.24) is 20.1 Å². The van der Waals surface area contributed by atoms with Gasteiger partial charge in [0.1, 0.15) is 0 Å². The third-order valence-corrected chi connectivity index (χ3v) is 6.66. The molecule has 7 nitrogen and oxygen atoms in total. The SMILES string of the molecule is Cc1ccc(C)c(NC(=O)CSc2nnc(C(CC(C)C)NC(=O)c3ccccc3Cl)n2C)c1. The topological polar surface area (TPSA) is 88.9 Å². The molecule has 0 aliphatic carbocycles. The number of nitrogens with zero attached hydrogens (tertiary/aromatic N) is 3. The number of hydrogen-bond donors (Lipinski definition) is 2. The van der Waals surface area contributed by atoms with Gasteiger partial charge in [0.15, 0.2) is 11.0 Å². The molecule has 1 unspecified atom stereocenters. The maximum absolute atomic E-state index is 12.9. The van der Waals surface area contributed by atoms with Crippen LogP contribution >= 0.6 is 23.4 Å². The van der Waals surface area contributed by atoms with Crippen molar-refractivity contribution in [3.63, 3.8) is 0 Å². The summed E-state index contributed by atoms with van der Waals surface area (Å²) < 4.78 is 1.83. The number of halogens is 1. The number of carbonyl (C=O) groups is 2. The van der Waals surface area contributed by atoms with Gasteiger partial charge in [0.05, 0.1) is 22.4 Å². The maximum Gasteiger partial charge on any atom is 0.253 e. The van der Waals surface area contributed by atoms with Gasteiger partial charge in [0.2, 0.25) is 5.91 Å². The zero-order chi connectivity index (χ0) is 24.8. The lowest BCUT2D eigenvalue weighted by molar-refractivity contribution is -0.113. The van der Waals surface area contributed by atoms with Crippen LogP contribution in [0.2, 0.25) is 5.02 Å². The molecule has 2 N–H and O–H groups in total. The van der Waals surface area contributed by atoms with Crippen LogP contribution in [0.3, 0.4) is 0 Å². The van der Waals surface area contributed by atoms with Gasteiger partial charge in [-0.2, -0.15) is 0 Å². The summed E-state index contributed by atoms with van der Waals surface area (Å²) >= 11 is 7.50. The molecule has 0 fully saturated rings. The second kappa shape index (κ2) is 11.5. The Morgan fingerprint density at radius 1 is 1.12 bits per heavy atom. The van der Waals surface area contributed by atoms with Gasteiger partial charge in [0.25, 0.3) is 5.91 Å². The fourth-order valence-corrected chi connectivity index (χ4v) is 4.46. The molecule has 0 radical (unpaired) electrons. The molecule has 3 aromatic rings. The van der Waals surface area contributed by atoms with Gasteiger partial charge >= 0.3 is 0 Å². The van der Waals surface area contributed by atoms with Gasteiger partial charge in [-0.1, -0.05) is 61.5 Å². The summed E-state index contributed by atoms with van der Waals surface area (Å²) in [7, 11) is 1.84. The third kappa shape index (κ3) is 6.61. The summed E-state index contributed by atoms with van der Waals surface area (Å²) in [4.78, 5) is 25.4. The van der Waals surface area contributed by atoms with Crippen LogP contribution in [0.15, 0.2) is 47.6 Å². The molecule has 180 valence electrons. The van der Waals surface area contributed by atoms with E-state index >= 15 is 0 Å². The number of amides is 2. The average molecular weight is 500 g/mol. The summed E-state index contributed by atoms with van der Waals surface area (Å²) in [6.07, 6.45) is 0.681. The molecule has 34 heavy (non-hydrogen) atoms. The molecule has 9 heteroatoms. The van der Waals surface area contributed by atoms with E-state index in [1.807, 2.05) is 43.7 Å². The van der Waals surface area contributed by atoms with Crippen molar-refractivity contribution in [3.05, 3.63) is 70.0 Å². The molecule has 0 aliphatic heterocycles. The predicted octanol–water partition coefficient (Wildman–Crippen LogP) is 5.33. The fourth-order valence-electron chi connectivity index (χ4n) is 3.52. The Morgan fingerprint density at radius 2 is 1.85 bits per heavy atom. The number of rotatable bonds is 9. The van der Waals surface area contributed by atoms with Gasteiger partial charge in [-0.25, -0.2) is 0 Å². The second-order valence-corrected chi connectivity index (χ2v) is 10.0. The Hall–Kier alpha value is -2.84. The Morgan fingerprint density at radius 3 is 2.56 bits per heavy atom. The van der Waals surface area contributed by atoms with E-state index in [0.29, 0.717) is 33.9 Å². The monoisotopic (exact) mass is 499 g/mol. The molecule has 1 atom stereocenters. The second-order valence-electron chi connectivity index (χ2n) is 8.69. The Kier molecular flexibility index (Phi) is 8.74. The minimum Gasteiger partial charge on any atom is -0.342 e. The number of thioether (sulfide) groups is 1. The molecule has 0 bridgehead atoms. The molecular formula is C25H30ClN5O2S. The standard InChI is InChI=1S/C25H30ClN5O2S/c1-15(2)12-21(28-24(33)18-8-6-7-9-19(18)26)23-29-30-25(31(23)5)34-14-22(32)27-20-13-16(3)10-11-17(20)4/h6-11,13,15,21H,12,14H2,1-5H3,(H,27,32)(H,28,33). The number of carbonyl (C=O) groups excluding carboxylic acids is 2. The van der Waals surface area contributed by atoms with Crippen LogP contribution in [-0.4, -0.2) is 32.3 Å². The molecule has 0 spiro atoms. The number of benzene rings is 2. The van der Waals surface area contributed by atoms with Gasteiger partial charge in [-0.15, -0.1) is 10.2 Å². The van der Waals surface area contributed by atoms with Gasteiger partial charge < -0.3 is 15.2 Å². The van der Waals surface area contributed by atoms with Crippen molar-refractivity contribution >= 4 is 40.9 Å². The Bertz CT molecular complexity index is 1180. The maximum atomic E-state index is 12.9. The molecule has 0 saturated heterocycles. The van der Waals surface area contributed by atoms with E-state index in [9.17, 15) is 9.59 Å². The van der Waals surface area contributed by atoms with E-state index in [0.717, 1.165) is 16.8 Å². The van der Waals surface area contributed by atoms with Crippen LogP contribution in [0.25, 0.3) is 0 Å². The van der Waals surface area contributed by atoms with Crippen molar-refractivity contribution in [1.29, 1.82) is 0 Å². The summed E-state index contributed by atoms with van der Waals surface area (Å²) in [5.41, 5.74) is 3.32. The quantitative estimate of drug-likeness (QED) is 0.388. The molecule has 3 rings (SSSR count). The normalized spacial score (nSPS) is 12.0. The van der Waals surface area contributed by atoms with Crippen LogP contribution in [0.4, 0.5) is 5.69 Å². The van der Waals surface area contributed by atoms with Gasteiger partial charge in [-0.05, 0) is 55.5 Å². The van der Waals surface area contributed by atoms with E-state index < -0.39 is 0 Å². The van der Waals surface area contributed by atoms with Crippen molar-refractivity contribution in [2.24, 2.45) is 13.0 Å². The minimum atomic E-state index is -0.348. The van der Waals surface area contributed by atoms with E-state index in [1.54, 1.807) is 24.3 Å². The summed E-state index contributed by atoms with van der Waals surface area (Å²) in [5, 5.41) is 15.6. The fraction of sp³-hybridized carbons (Fsp3) is 0.360. The lowest BCUT2D eigenvalue weighted by Crippen LogP contribution is -2.31. The zero-order valence-corrected chi connectivity index (χ0v) is 21.6. The first-order chi connectivity index (χ1) is 16.2. The number of aromatic nitrogens is 3. The third-order valence-electron chi connectivity index (χ3n) is 5.31. The van der Waals surface area contributed by atoms with E-state index in [-0.39, 0.29) is 23.6 Å². The lowest BCUT2D eigenvalue weighted by Gasteiger charge is -2.20. The first-order valence-corrected chi connectivity index (χ1v) is 12.5. The predicted molar refractivity (Wildman–Crippen MR) is 137 cm³/mol. The van der Waals surface area contributed by atoms with Crippen molar-refractivity contribution in [3.8, 4) is 0 Å². The van der Waals surface area contributed by atoms with E-state index in [2.05, 4.69) is 34.7 Å². The lowest BCUT2D eigenvalue weighted by atomic mass is 10.0. The number of nitrogens with one attached hydrogen (secondary N) is 2. The van der Waals surface area contributed by atoms with Crippen LogP contribution in [0.1, 0.15) is 53.6 Å². The van der Waals surface area contributed by atoms with E-state index in [4.69, 9.17) is 11.6 Å². The highest BCUT2D eigenvalue weighted by Gasteiger charge is 2.24. The number of anilines is 1. The highest BCUT2D eigenvalue weighted by Crippen LogP contribution is 2.25. The first-order valence-electron chi connectivity index (χ1n) is 11.1. The molecule has 1 heterocycles. The van der Waals surface area contributed by atoms with Crippen LogP contribution < -0.4 is 10.6 Å². The van der Waals surface area contributed by atoms with Crippen molar-refractivity contribution < 1.29 is 9.59 Å². The average Bonchev–Trinajstić information content (AvgIpc) is 3.14. The first kappa shape index (κ1) is 25.8. The molecule has 0 saturated carbocycles.